The smallest absolute Gasteiger partial charge is 0.257 e. The van der Waals surface area contributed by atoms with Crippen LogP contribution in [0.2, 0.25) is 0 Å². The minimum Gasteiger partial charge on any atom is -0.497 e. The molecular weight excluding hydrogens is 298 g/mol. The van der Waals surface area contributed by atoms with Crippen molar-refractivity contribution in [2.24, 2.45) is 0 Å². The molecule has 1 amide bonds. The van der Waals surface area contributed by atoms with Crippen molar-refractivity contribution in [2.75, 3.05) is 12.4 Å². The van der Waals surface area contributed by atoms with Gasteiger partial charge in [0.05, 0.1) is 18.7 Å². The van der Waals surface area contributed by atoms with E-state index in [1.807, 2.05) is 6.07 Å². The van der Waals surface area contributed by atoms with Crippen LogP contribution in [0.4, 0.5) is 5.69 Å². The van der Waals surface area contributed by atoms with Crippen molar-refractivity contribution in [3.63, 3.8) is 0 Å². The summed E-state index contributed by atoms with van der Waals surface area (Å²) in [5.74, 6) is 0.364. The number of rotatable bonds is 3. The Morgan fingerprint density at radius 3 is 2.32 bits per heavy atom. The van der Waals surface area contributed by atoms with Crippen LogP contribution in [0.25, 0.3) is 0 Å². The molecule has 5 nitrogen and oxygen atoms in total. The molecular formula is C16H13N3O2S. The first-order valence-corrected chi connectivity index (χ1v) is 6.80. The molecule has 0 radical (unpaired) electrons. The van der Waals surface area contributed by atoms with Crippen molar-refractivity contribution in [3.05, 3.63) is 59.7 Å². The Bertz CT molecular complexity index is 719. The first-order valence-electron chi connectivity index (χ1n) is 6.39. The predicted molar refractivity (Wildman–Crippen MR) is 87.8 cm³/mol. The maximum Gasteiger partial charge on any atom is 0.257 e. The van der Waals surface area contributed by atoms with Crippen molar-refractivity contribution in [3.8, 4) is 11.8 Å². The Balaban J connectivity index is 1.95. The van der Waals surface area contributed by atoms with Crippen LogP contribution >= 0.6 is 12.2 Å². The maximum absolute atomic E-state index is 12.0. The minimum atomic E-state index is -0.311. The quantitative estimate of drug-likeness (QED) is 0.853. The summed E-state index contributed by atoms with van der Waals surface area (Å²) in [6.07, 6.45) is 0. The van der Waals surface area contributed by atoms with Gasteiger partial charge in [0.1, 0.15) is 5.75 Å². The zero-order valence-electron chi connectivity index (χ0n) is 11.8. The fourth-order valence-corrected chi connectivity index (χ4v) is 1.92. The van der Waals surface area contributed by atoms with E-state index in [-0.39, 0.29) is 11.0 Å². The van der Waals surface area contributed by atoms with Gasteiger partial charge in [-0.15, -0.1) is 0 Å². The van der Waals surface area contributed by atoms with E-state index >= 15 is 0 Å². The lowest BCUT2D eigenvalue weighted by Crippen LogP contribution is -2.34. The number of nitrogens with one attached hydrogen (secondary N) is 2. The van der Waals surface area contributed by atoms with E-state index in [4.69, 9.17) is 22.2 Å². The summed E-state index contributed by atoms with van der Waals surface area (Å²) < 4.78 is 5.04. The molecule has 2 rings (SSSR count). The van der Waals surface area contributed by atoms with Crippen LogP contribution in [0.1, 0.15) is 15.9 Å². The van der Waals surface area contributed by atoms with Gasteiger partial charge in [0.25, 0.3) is 5.91 Å². The van der Waals surface area contributed by atoms with Crippen molar-refractivity contribution in [2.45, 2.75) is 0 Å². The van der Waals surface area contributed by atoms with Crippen molar-refractivity contribution >= 4 is 28.9 Å². The van der Waals surface area contributed by atoms with E-state index in [0.717, 1.165) is 0 Å². The molecule has 0 heterocycles. The van der Waals surface area contributed by atoms with E-state index in [0.29, 0.717) is 22.6 Å². The second kappa shape index (κ2) is 7.20. The van der Waals surface area contributed by atoms with Crippen LogP contribution < -0.4 is 15.4 Å². The molecule has 0 spiro atoms. The SMILES string of the molecule is COc1ccc(C(=O)NC(=S)Nc2ccc(C#N)cc2)cc1. The third-order valence-electron chi connectivity index (χ3n) is 2.85. The standard InChI is InChI=1S/C16H13N3O2S/c1-21-14-8-4-12(5-9-14)15(20)19-16(22)18-13-6-2-11(10-17)3-7-13/h2-9H,1H3,(H2,18,19,20,22). The number of anilines is 1. The fourth-order valence-electron chi connectivity index (χ4n) is 1.71. The Morgan fingerprint density at radius 1 is 1.14 bits per heavy atom. The van der Waals surface area contributed by atoms with E-state index in [1.54, 1.807) is 55.6 Å². The molecule has 0 aliphatic heterocycles. The molecule has 0 bridgehead atoms. The highest BCUT2D eigenvalue weighted by Crippen LogP contribution is 2.11. The molecule has 0 atom stereocenters. The van der Waals surface area contributed by atoms with Gasteiger partial charge in [-0.25, -0.2) is 0 Å². The van der Waals surface area contributed by atoms with Gasteiger partial charge in [-0.3, -0.25) is 10.1 Å². The second-order valence-electron chi connectivity index (χ2n) is 4.33. The summed E-state index contributed by atoms with van der Waals surface area (Å²) in [6.45, 7) is 0. The number of amides is 1. The number of carbonyl (C=O) groups excluding carboxylic acids is 1. The van der Waals surface area contributed by atoms with Crippen molar-refractivity contribution in [1.29, 1.82) is 5.26 Å². The predicted octanol–water partition coefficient (Wildman–Crippen LogP) is 2.69. The highest BCUT2D eigenvalue weighted by molar-refractivity contribution is 7.80. The highest BCUT2D eigenvalue weighted by Gasteiger charge is 2.08. The minimum absolute atomic E-state index is 0.186. The van der Waals surface area contributed by atoms with Crippen molar-refractivity contribution < 1.29 is 9.53 Å². The Hall–Kier alpha value is -2.91. The van der Waals surface area contributed by atoms with Crippen molar-refractivity contribution in [1.82, 2.24) is 5.32 Å². The molecule has 0 aliphatic carbocycles. The summed E-state index contributed by atoms with van der Waals surface area (Å²) in [5.41, 5.74) is 1.72. The first-order chi connectivity index (χ1) is 10.6. The molecule has 6 heteroatoms. The number of hydrogen-bond donors (Lipinski definition) is 2. The van der Waals surface area contributed by atoms with Gasteiger partial charge in [0, 0.05) is 11.3 Å². The zero-order valence-corrected chi connectivity index (χ0v) is 12.6. The molecule has 0 saturated heterocycles. The molecule has 2 N–H and O–H groups in total. The highest BCUT2D eigenvalue weighted by atomic mass is 32.1. The number of nitriles is 1. The molecule has 2 aromatic carbocycles. The van der Waals surface area contributed by atoms with Crippen LogP contribution in [0.15, 0.2) is 48.5 Å². The van der Waals surface area contributed by atoms with Crippen LogP contribution in [-0.2, 0) is 0 Å². The fraction of sp³-hybridized carbons (Fsp3) is 0.0625. The van der Waals surface area contributed by atoms with Gasteiger partial charge in [0.15, 0.2) is 5.11 Å². The number of nitrogens with zero attached hydrogens (tertiary/aromatic N) is 1. The Morgan fingerprint density at radius 2 is 1.77 bits per heavy atom. The average Bonchev–Trinajstić information content (AvgIpc) is 2.55. The second-order valence-corrected chi connectivity index (χ2v) is 4.73. The summed E-state index contributed by atoms with van der Waals surface area (Å²) in [7, 11) is 1.56. The lowest BCUT2D eigenvalue weighted by atomic mass is 10.2. The molecule has 0 saturated carbocycles. The molecule has 0 aliphatic rings. The number of ether oxygens (including phenoxy) is 1. The largest absolute Gasteiger partial charge is 0.497 e. The molecule has 0 aromatic heterocycles. The molecule has 2 aromatic rings. The number of thiocarbonyl (C=S) groups is 1. The first kappa shape index (κ1) is 15.5. The number of carbonyl (C=O) groups is 1. The van der Waals surface area contributed by atoms with Gasteiger partial charge in [0.2, 0.25) is 0 Å². The van der Waals surface area contributed by atoms with E-state index < -0.39 is 0 Å². The van der Waals surface area contributed by atoms with Gasteiger partial charge in [-0.1, -0.05) is 0 Å². The third kappa shape index (κ3) is 4.04. The lowest BCUT2D eigenvalue weighted by Gasteiger charge is -2.10. The summed E-state index contributed by atoms with van der Waals surface area (Å²) in [4.78, 5) is 12.0. The molecule has 22 heavy (non-hydrogen) atoms. The molecule has 0 fully saturated rings. The monoisotopic (exact) mass is 311 g/mol. The van der Waals surface area contributed by atoms with Gasteiger partial charge in [-0.2, -0.15) is 5.26 Å². The lowest BCUT2D eigenvalue weighted by molar-refractivity contribution is 0.0977. The number of methoxy groups -OCH3 is 1. The van der Waals surface area contributed by atoms with Gasteiger partial charge < -0.3 is 10.1 Å². The van der Waals surface area contributed by atoms with Crippen LogP contribution in [0.3, 0.4) is 0 Å². The summed E-state index contributed by atoms with van der Waals surface area (Å²) >= 11 is 5.09. The number of hydrogen-bond acceptors (Lipinski definition) is 4. The molecule has 0 unspecified atom stereocenters. The normalized spacial score (nSPS) is 9.45. The van der Waals surface area contributed by atoms with Crippen LogP contribution in [0, 0.1) is 11.3 Å². The average molecular weight is 311 g/mol. The number of benzene rings is 2. The zero-order chi connectivity index (χ0) is 15.9. The topological polar surface area (TPSA) is 74.2 Å². The maximum atomic E-state index is 12.0. The van der Waals surface area contributed by atoms with Crippen LogP contribution in [-0.4, -0.2) is 18.1 Å². The van der Waals surface area contributed by atoms with Gasteiger partial charge >= 0.3 is 0 Å². The van der Waals surface area contributed by atoms with E-state index in [9.17, 15) is 4.79 Å². The Kier molecular flexibility index (Phi) is 5.07. The van der Waals surface area contributed by atoms with E-state index in [1.165, 1.54) is 0 Å². The summed E-state index contributed by atoms with van der Waals surface area (Å²) in [6, 6.07) is 15.5. The van der Waals surface area contributed by atoms with Crippen LogP contribution in [0.5, 0.6) is 5.75 Å². The molecule has 110 valence electrons. The Labute approximate surface area is 133 Å². The van der Waals surface area contributed by atoms with Gasteiger partial charge in [-0.05, 0) is 60.7 Å². The summed E-state index contributed by atoms with van der Waals surface area (Å²) in [5, 5.41) is 14.4. The van der Waals surface area contributed by atoms with E-state index in [2.05, 4.69) is 10.6 Å². The third-order valence-corrected chi connectivity index (χ3v) is 3.06.